The predicted molar refractivity (Wildman–Crippen MR) is 259 cm³/mol. The van der Waals surface area contributed by atoms with E-state index in [0.29, 0.717) is 71.8 Å². The Morgan fingerprint density at radius 3 is 1.21 bits per heavy atom. The van der Waals surface area contributed by atoms with Crippen molar-refractivity contribution in [3.63, 3.8) is 0 Å². The molecule has 6 aliphatic rings. The summed E-state index contributed by atoms with van der Waals surface area (Å²) < 4.78 is 47.0. The Morgan fingerprint density at radius 2 is 0.925 bits per heavy atom. The molecule has 6 fully saturated rings. The summed E-state index contributed by atoms with van der Waals surface area (Å²) in [5.74, 6) is -1.30. The zero-order valence-electron chi connectivity index (χ0n) is 37.9. The van der Waals surface area contributed by atoms with E-state index in [1.165, 1.54) is 30.3 Å². The molecule has 15 nitrogen and oxygen atoms in total. The normalized spacial score (nSPS) is 18.9. The standard InChI is InChI=1S/C16H20FN3O4.C14H18FN3O2.C14H20FN3.3CH4.CH3.Pd/c1-15(2,3)24-14(21)19-9-16(10-19)7-18(8-16)13-5-4-11(20(22)23)6-12(13)17;1-10(2)16-6-14(7-16)8-17(9-14)13-4-3-11(18(19)20)5-12(13)15;1-10(2)17-6-14(7-17)8-18(9-14)13-4-3-11(16)5-12(13)15;;;;;/h4-6H,7-10H2,1-3H3;3-5,10H,6-9H2,1-2H3;3-5,10H,6-9,16H2,1-2H3;3*1H4;1H3;/q;;;;;;-1;. The van der Waals surface area contributed by atoms with Crippen LogP contribution in [0.15, 0.2) is 54.6 Å². The molecule has 19 heteroatoms. The van der Waals surface area contributed by atoms with Gasteiger partial charge in [-0.1, -0.05) is 22.3 Å². The molecule has 0 unspecified atom stereocenters. The second-order valence-corrected chi connectivity index (χ2v) is 19.9. The summed E-state index contributed by atoms with van der Waals surface area (Å²) >= 11 is 0. The Kier molecular flexibility index (Phi) is 18.9. The van der Waals surface area contributed by atoms with E-state index >= 15 is 0 Å². The third kappa shape index (κ3) is 12.5. The van der Waals surface area contributed by atoms with Gasteiger partial charge in [0.15, 0.2) is 11.6 Å². The number of nitrogens with two attached hydrogens (primary N) is 1. The minimum Gasteiger partial charge on any atom is -0.444 e. The van der Waals surface area contributed by atoms with Crippen molar-refractivity contribution in [1.82, 2.24) is 14.7 Å². The summed E-state index contributed by atoms with van der Waals surface area (Å²) in [7, 11) is 0. The SMILES string of the molecule is C.C.C.CC(C)(C)OC(=O)N1CC2(C1)CN(c1ccc([N+](=O)[O-])cc1F)C2.CC(C)N1CC2(CN(c3ccc(N)cc3F)C2)C1.CC(C)N1CC2(CN(c3ccc([N+](=O)[O-])cc3F)C2)C1.[CH3-].[Pd]. The van der Waals surface area contributed by atoms with Gasteiger partial charge < -0.3 is 37.5 Å². The molecule has 0 radical (unpaired) electrons. The number of non-ortho nitro benzene ring substituents is 2. The minimum atomic E-state index is -0.616. The number of nitrogens with zero attached hydrogens (tertiary/aromatic N) is 8. The first-order valence-electron chi connectivity index (χ1n) is 21.1. The first-order valence-corrected chi connectivity index (χ1v) is 21.1. The quantitative estimate of drug-likeness (QED) is 0.0788. The van der Waals surface area contributed by atoms with Gasteiger partial charge >= 0.3 is 6.09 Å². The molecule has 378 valence electrons. The fourth-order valence-electron chi connectivity index (χ4n) is 9.49. The first-order chi connectivity index (χ1) is 29.0. The van der Waals surface area contributed by atoms with Crippen LogP contribution < -0.4 is 20.4 Å². The number of nitro groups is 2. The van der Waals surface area contributed by atoms with E-state index in [1.807, 2.05) is 30.6 Å². The van der Waals surface area contributed by atoms with Crippen molar-refractivity contribution < 1.29 is 53.0 Å². The average molecular weight is 1040 g/mol. The van der Waals surface area contributed by atoms with Gasteiger partial charge in [-0.3, -0.25) is 30.0 Å². The molecular weight excluding hydrogens is 962 g/mol. The third-order valence-electron chi connectivity index (χ3n) is 12.8. The molecule has 0 aromatic heterocycles. The van der Waals surface area contributed by atoms with Crippen molar-refractivity contribution in [3.8, 4) is 0 Å². The molecule has 0 atom stereocenters. The van der Waals surface area contributed by atoms with Gasteiger partial charge in [-0.2, -0.15) is 0 Å². The maximum atomic E-state index is 14.0. The van der Waals surface area contributed by atoms with Gasteiger partial charge in [0.1, 0.15) is 11.4 Å². The van der Waals surface area contributed by atoms with E-state index in [0.717, 1.165) is 64.5 Å². The van der Waals surface area contributed by atoms with Crippen LogP contribution in [0.3, 0.4) is 0 Å². The Hall–Kier alpha value is -4.70. The van der Waals surface area contributed by atoms with E-state index < -0.39 is 27.1 Å². The van der Waals surface area contributed by atoms with Crippen LogP contribution in [0.4, 0.5) is 52.1 Å². The second-order valence-electron chi connectivity index (χ2n) is 19.9. The van der Waals surface area contributed by atoms with Crippen LogP contribution in [0, 0.1) is 61.4 Å². The Balaban J connectivity index is 0.000000336. The van der Waals surface area contributed by atoms with Crippen molar-refractivity contribution in [2.75, 3.05) is 99.0 Å². The molecular formula is C48H73F3N9O6Pd-. The second kappa shape index (κ2) is 21.7. The molecule has 9 rings (SSSR count). The number of rotatable bonds is 7. The number of carbonyl (C=O) groups excluding carboxylic acids is 1. The fourth-order valence-corrected chi connectivity index (χ4v) is 9.49. The molecule has 6 aliphatic heterocycles. The van der Waals surface area contributed by atoms with Gasteiger partial charge in [0.25, 0.3) is 11.4 Å². The van der Waals surface area contributed by atoms with Crippen LogP contribution in [-0.2, 0) is 25.2 Å². The number of halogens is 3. The Labute approximate surface area is 409 Å². The van der Waals surface area contributed by atoms with Crippen LogP contribution in [0.5, 0.6) is 0 Å². The van der Waals surface area contributed by atoms with Gasteiger partial charge in [0.2, 0.25) is 0 Å². The largest absolute Gasteiger partial charge is 0.444 e. The van der Waals surface area contributed by atoms with Crippen molar-refractivity contribution in [1.29, 1.82) is 0 Å². The van der Waals surface area contributed by atoms with Gasteiger partial charge in [-0.05, 0) is 78.8 Å². The number of anilines is 4. The Bertz CT molecular complexity index is 2190. The van der Waals surface area contributed by atoms with E-state index in [9.17, 15) is 38.2 Å². The predicted octanol–water partition coefficient (Wildman–Crippen LogP) is 9.35. The van der Waals surface area contributed by atoms with Gasteiger partial charge in [0.05, 0.1) is 39.0 Å². The smallest absolute Gasteiger partial charge is 0.410 e. The molecule has 6 saturated heterocycles. The van der Waals surface area contributed by atoms with E-state index in [1.54, 1.807) is 17.0 Å². The van der Waals surface area contributed by atoms with Crippen LogP contribution in [0.1, 0.15) is 70.7 Å². The van der Waals surface area contributed by atoms with E-state index in [4.69, 9.17) is 10.5 Å². The molecule has 0 saturated carbocycles. The number of hydrogen-bond donors (Lipinski definition) is 1. The number of ether oxygens (including phenoxy) is 1. The number of carbonyl (C=O) groups is 1. The zero-order chi connectivity index (χ0) is 45.1. The van der Waals surface area contributed by atoms with E-state index in [-0.39, 0.29) is 78.8 Å². The maximum absolute atomic E-state index is 14.0. The number of nitrogen functional groups attached to an aromatic ring is 1. The summed E-state index contributed by atoms with van der Waals surface area (Å²) in [6.45, 7) is 24.8. The average Bonchev–Trinajstić information content (AvgIpc) is 3.06. The molecule has 0 aliphatic carbocycles. The third-order valence-corrected chi connectivity index (χ3v) is 12.8. The summed E-state index contributed by atoms with van der Waals surface area (Å²) in [5, 5.41) is 21.2. The van der Waals surface area contributed by atoms with Crippen molar-refractivity contribution in [2.45, 2.75) is 88.4 Å². The maximum Gasteiger partial charge on any atom is 0.410 e. The molecule has 1 amide bonds. The molecule has 3 aromatic carbocycles. The number of likely N-dealkylation sites (tertiary alicyclic amines) is 3. The number of amides is 1. The summed E-state index contributed by atoms with van der Waals surface area (Å²) in [6, 6.07) is 13.7. The monoisotopic (exact) mass is 1030 g/mol. The van der Waals surface area contributed by atoms with Crippen molar-refractivity contribution in [2.24, 2.45) is 16.2 Å². The number of hydrogen-bond acceptors (Lipinski definition) is 12. The first kappa shape index (κ1) is 58.4. The van der Waals surface area contributed by atoms with Crippen molar-refractivity contribution >= 4 is 40.2 Å². The Morgan fingerprint density at radius 1 is 0.612 bits per heavy atom. The van der Waals surface area contributed by atoms with Crippen LogP contribution >= 0.6 is 0 Å². The van der Waals surface area contributed by atoms with Crippen LogP contribution in [-0.4, -0.2) is 127 Å². The minimum absolute atomic E-state index is 0. The summed E-state index contributed by atoms with van der Waals surface area (Å²) in [4.78, 5) is 44.4. The van der Waals surface area contributed by atoms with Crippen molar-refractivity contribution in [3.05, 3.63) is 99.7 Å². The molecule has 3 spiro atoms. The topological polar surface area (TPSA) is 158 Å². The molecule has 67 heavy (non-hydrogen) atoms. The molecule has 6 heterocycles. The van der Waals surface area contributed by atoms with Crippen LogP contribution in [0.2, 0.25) is 0 Å². The summed E-state index contributed by atoms with van der Waals surface area (Å²) in [6.07, 6.45) is -0.326. The van der Waals surface area contributed by atoms with Gasteiger partial charge in [0, 0.05) is 145 Å². The summed E-state index contributed by atoms with van der Waals surface area (Å²) in [5.41, 5.74) is 7.30. The van der Waals surface area contributed by atoms with Gasteiger partial charge in [-0.15, -0.1) is 0 Å². The number of benzene rings is 3. The van der Waals surface area contributed by atoms with Crippen LogP contribution in [0.25, 0.3) is 0 Å². The number of nitro benzene ring substituents is 2. The zero-order valence-corrected chi connectivity index (χ0v) is 39.4. The molecule has 2 N–H and O–H groups in total. The molecule has 0 bridgehead atoms. The fraction of sp³-hybridized carbons (Fsp3) is 0.583. The van der Waals surface area contributed by atoms with E-state index in [2.05, 4.69) is 42.4 Å². The molecule has 3 aromatic rings. The van der Waals surface area contributed by atoms with Gasteiger partial charge in [-0.25, -0.2) is 18.0 Å².